The molecule has 0 spiro atoms. The number of amides is 1. The number of benzene rings is 2. The van der Waals surface area contributed by atoms with Crippen molar-refractivity contribution >= 4 is 18.3 Å². The van der Waals surface area contributed by atoms with Gasteiger partial charge in [0.2, 0.25) is 5.91 Å². The van der Waals surface area contributed by atoms with Crippen molar-refractivity contribution in [2.45, 2.75) is 38.4 Å². The molecule has 2 unspecified atom stereocenters. The van der Waals surface area contributed by atoms with Gasteiger partial charge in [-0.05, 0) is 30.5 Å². The van der Waals surface area contributed by atoms with Gasteiger partial charge >= 0.3 is 0 Å². The Hall–Kier alpha value is -2.08. The van der Waals surface area contributed by atoms with Crippen LogP contribution in [-0.2, 0) is 22.5 Å². The lowest BCUT2D eigenvalue weighted by Crippen LogP contribution is -2.47. The maximum Gasteiger partial charge on any atom is 0.224 e. The summed E-state index contributed by atoms with van der Waals surface area (Å²) in [5.41, 5.74) is 2.25. The molecule has 3 rings (SSSR count). The molecule has 1 saturated heterocycles. The van der Waals surface area contributed by atoms with Gasteiger partial charge in [-0.1, -0.05) is 48.5 Å². The number of halogens is 1. The minimum absolute atomic E-state index is 0. The normalized spacial score (nSPS) is 17.1. The molecule has 1 heterocycles. The monoisotopic (exact) mass is 418 g/mol. The standard InChI is InChI=1S/C23H30N2O3.ClH/c1-18(14-20-10-6-7-11-22(20)27-2)25(16-19-8-4-3-5-9-19)23(26)15-21-17-28-13-12-24-21;/h3-11,18,21,24H,12-17H2,1-2H3;1H. The Balaban J connectivity index is 0.00000300. The van der Waals surface area contributed by atoms with Gasteiger partial charge in [-0.2, -0.15) is 0 Å². The first kappa shape index (κ1) is 23.2. The van der Waals surface area contributed by atoms with Gasteiger partial charge in [0.25, 0.3) is 0 Å². The molecule has 2 aromatic rings. The van der Waals surface area contributed by atoms with Crippen LogP contribution in [0.2, 0.25) is 0 Å². The average Bonchev–Trinajstić information content (AvgIpc) is 2.73. The third-order valence-electron chi connectivity index (χ3n) is 5.18. The van der Waals surface area contributed by atoms with Crippen LogP contribution in [0.5, 0.6) is 5.75 Å². The quantitative estimate of drug-likeness (QED) is 0.713. The molecule has 0 aliphatic carbocycles. The number of hydrogen-bond acceptors (Lipinski definition) is 4. The minimum Gasteiger partial charge on any atom is -0.496 e. The van der Waals surface area contributed by atoms with Gasteiger partial charge in [0.15, 0.2) is 0 Å². The fourth-order valence-corrected chi connectivity index (χ4v) is 3.65. The summed E-state index contributed by atoms with van der Waals surface area (Å²) in [5, 5.41) is 3.38. The van der Waals surface area contributed by atoms with E-state index in [-0.39, 0.29) is 30.4 Å². The zero-order valence-electron chi connectivity index (χ0n) is 17.2. The summed E-state index contributed by atoms with van der Waals surface area (Å²) < 4.78 is 11.0. The number of nitrogens with zero attached hydrogens (tertiary/aromatic N) is 1. The molecule has 0 aromatic heterocycles. The second-order valence-electron chi connectivity index (χ2n) is 7.30. The van der Waals surface area contributed by atoms with E-state index in [4.69, 9.17) is 9.47 Å². The molecule has 0 bridgehead atoms. The molecule has 2 atom stereocenters. The SMILES string of the molecule is COc1ccccc1CC(C)N(Cc1ccccc1)C(=O)CC1COCCN1.Cl. The molecule has 2 aromatic carbocycles. The summed E-state index contributed by atoms with van der Waals surface area (Å²) in [7, 11) is 1.69. The van der Waals surface area contributed by atoms with Gasteiger partial charge in [-0.25, -0.2) is 0 Å². The van der Waals surface area contributed by atoms with Crippen LogP contribution < -0.4 is 10.1 Å². The summed E-state index contributed by atoms with van der Waals surface area (Å²) in [5.74, 6) is 1.01. The summed E-state index contributed by atoms with van der Waals surface area (Å²) >= 11 is 0. The number of para-hydroxylation sites is 1. The third kappa shape index (κ3) is 6.74. The lowest BCUT2D eigenvalue weighted by molar-refractivity contribution is -0.135. The maximum atomic E-state index is 13.2. The van der Waals surface area contributed by atoms with E-state index in [0.29, 0.717) is 26.2 Å². The first-order valence-electron chi connectivity index (χ1n) is 9.93. The molecular weight excluding hydrogens is 388 g/mol. The highest BCUT2D eigenvalue weighted by atomic mass is 35.5. The Bertz CT molecular complexity index is 751. The van der Waals surface area contributed by atoms with E-state index in [1.54, 1.807) is 7.11 Å². The lowest BCUT2D eigenvalue weighted by Gasteiger charge is -2.32. The number of nitrogens with one attached hydrogen (secondary N) is 1. The predicted octanol–water partition coefficient (Wildman–Crippen LogP) is 3.46. The molecule has 158 valence electrons. The molecule has 5 nitrogen and oxygen atoms in total. The lowest BCUT2D eigenvalue weighted by atomic mass is 10.0. The number of hydrogen-bond donors (Lipinski definition) is 1. The molecule has 29 heavy (non-hydrogen) atoms. The molecule has 1 N–H and O–H groups in total. The van der Waals surface area contributed by atoms with Crippen molar-refractivity contribution in [1.82, 2.24) is 10.2 Å². The van der Waals surface area contributed by atoms with E-state index in [2.05, 4.69) is 30.4 Å². The van der Waals surface area contributed by atoms with E-state index in [1.807, 2.05) is 41.3 Å². The summed E-state index contributed by atoms with van der Waals surface area (Å²) in [6, 6.07) is 18.3. The number of carbonyl (C=O) groups excluding carboxylic acids is 1. The Morgan fingerprint density at radius 1 is 1.21 bits per heavy atom. The molecule has 1 fully saturated rings. The molecular formula is C23H31ClN2O3. The van der Waals surface area contributed by atoms with Crippen molar-refractivity contribution in [2.24, 2.45) is 0 Å². The Morgan fingerprint density at radius 2 is 1.93 bits per heavy atom. The van der Waals surface area contributed by atoms with Crippen LogP contribution in [-0.4, -0.2) is 49.8 Å². The van der Waals surface area contributed by atoms with Crippen molar-refractivity contribution in [3.8, 4) is 5.75 Å². The van der Waals surface area contributed by atoms with Crippen LogP contribution >= 0.6 is 12.4 Å². The Kier molecular flexibility index (Phi) is 9.45. The second-order valence-corrected chi connectivity index (χ2v) is 7.30. The fraction of sp³-hybridized carbons (Fsp3) is 0.435. The summed E-state index contributed by atoms with van der Waals surface area (Å²) in [6.07, 6.45) is 1.19. The van der Waals surface area contributed by atoms with Crippen LogP contribution in [0.25, 0.3) is 0 Å². The number of rotatable bonds is 8. The van der Waals surface area contributed by atoms with Crippen LogP contribution in [0.4, 0.5) is 0 Å². The smallest absolute Gasteiger partial charge is 0.224 e. The number of carbonyl (C=O) groups is 1. The maximum absolute atomic E-state index is 13.2. The van der Waals surface area contributed by atoms with E-state index in [0.717, 1.165) is 29.8 Å². The Morgan fingerprint density at radius 3 is 2.62 bits per heavy atom. The molecule has 6 heteroatoms. The number of methoxy groups -OCH3 is 1. The first-order chi connectivity index (χ1) is 13.7. The van der Waals surface area contributed by atoms with Gasteiger partial charge in [0.1, 0.15) is 5.75 Å². The molecule has 0 radical (unpaired) electrons. The van der Waals surface area contributed by atoms with Gasteiger partial charge in [0, 0.05) is 31.6 Å². The van der Waals surface area contributed by atoms with Crippen LogP contribution in [0.15, 0.2) is 54.6 Å². The first-order valence-corrected chi connectivity index (χ1v) is 9.93. The van der Waals surface area contributed by atoms with Gasteiger partial charge in [-0.3, -0.25) is 4.79 Å². The van der Waals surface area contributed by atoms with Crippen molar-refractivity contribution in [2.75, 3.05) is 26.9 Å². The number of ether oxygens (including phenoxy) is 2. The van der Waals surface area contributed by atoms with Gasteiger partial charge < -0.3 is 19.7 Å². The minimum atomic E-state index is 0. The number of morpholine rings is 1. The van der Waals surface area contributed by atoms with Crippen molar-refractivity contribution in [3.05, 3.63) is 65.7 Å². The van der Waals surface area contributed by atoms with E-state index in [9.17, 15) is 4.79 Å². The van der Waals surface area contributed by atoms with Crippen molar-refractivity contribution in [3.63, 3.8) is 0 Å². The van der Waals surface area contributed by atoms with Crippen LogP contribution in [0, 0.1) is 0 Å². The predicted molar refractivity (Wildman–Crippen MR) is 118 cm³/mol. The largest absolute Gasteiger partial charge is 0.496 e. The van der Waals surface area contributed by atoms with E-state index < -0.39 is 0 Å². The highest BCUT2D eigenvalue weighted by molar-refractivity contribution is 5.85. The summed E-state index contributed by atoms with van der Waals surface area (Å²) in [6.45, 7) is 4.81. The van der Waals surface area contributed by atoms with Gasteiger partial charge in [-0.15, -0.1) is 12.4 Å². The van der Waals surface area contributed by atoms with Crippen LogP contribution in [0.1, 0.15) is 24.5 Å². The van der Waals surface area contributed by atoms with E-state index in [1.165, 1.54) is 0 Å². The molecule has 0 saturated carbocycles. The molecule has 1 aliphatic rings. The van der Waals surface area contributed by atoms with Gasteiger partial charge in [0.05, 0.1) is 20.3 Å². The Labute approximate surface area is 179 Å². The summed E-state index contributed by atoms with van der Waals surface area (Å²) in [4.78, 5) is 15.2. The van der Waals surface area contributed by atoms with Crippen molar-refractivity contribution < 1.29 is 14.3 Å². The third-order valence-corrected chi connectivity index (χ3v) is 5.18. The molecule has 1 aliphatic heterocycles. The topological polar surface area (TPSA) is 50.8 Å². The zero-order chi connectivity index (χ0) is 19.8. The highest BCUT2D eigenvalue weighted by Gasteiger charge is 2.25. The van der Waals surface area contributed by atoms with Crippen LogP contribution in [0.3, 0.4) is 0 Å². The molecule has 1 amide bonds. The zero-order valence-corrected chi connectivity index (χ0v) is 18.0. The average molecular weight is 419 g/mol. The fourth-order valence-electron chi connectivity index (χ4n) is 3.65. The van der Waals surface area contributed by atoms with E-state index >= 15 is 0 Å². The second kappa shape index (κ2) is 11.8. The van der Waals surface area contributed by atoms with Crippen molar-refractivity contribution in [1.29, 1.82) is 0 Å². The highest BCUT2D eigenvalue weighted by Crippen LogP contribution is 2.22.